The zero-order chi connectivity index (χ0) is 88.0. The summed E-state index contributed by atoms with van der Waals surface area (Å²) < 4.78 is 13.0. The fourth-order valence-corrected chi connectivity index (χ4v) is 14.8. The Morgan fingerprint density at radius 2 is 1.01 bits per heavy atom. The maximum absolute atomic E-state index is 12.9. The molecule has 1 atom stereocenters. The number of hydrogen-bond acceptors (Lipinski definition) is 21. The van der Waals surface area contributed by atoms with Gasteiger partial charge < -0.3 is 62.0 Å². The molecule has 27 heteroatoms. The molecule has 0 saturated carbocycles. The minimum atomic E-state index is -0.774. The van der Waals surface area contributed by atoms with Crippen LogP contribution in [0.2, 0.25) is 0 Å². The lowest BCUT2D eigenvalue weighted by atomic mass is 9.90. The number of nitrogens with one attached hydrogen (secondary N) is 7. The van der Waals surface area contributed by atoms with Gasteiger partial charge in [0.1, 0.15) is 60.2 Å². The van der Waals surface area contributed by atoms with E-state index in [1.165, 1.54) is 12.0 Å². The molecule has 0 spiro atoms. The zero-order valence-corrected chi connectivity index (χ0v) is 70.2. The van der Waals surface area contributed by atoms with Crippen molar-refractivity contribution in [2.45, 2.75) is 104 Å². The summed E-state index contributed by atoms with van der Waals surface area (Å²) in [4.78, 5) is 81.8. The minimum absolute atomic E-state index is 0.0560. The number of carboxylic acid groups (broad SMARTS) is 1. The van der Waals surface area contributed by atoms with Crippen molar-refractivity contribution in [3.05, 3.63) is 297 Å². The Kier molecular flexibility index (Phi) is 32.2. The third kappa shape index (κ3) is 23.6. The van der Waals surface area contributed by atoms with E-state index in [4.69, 9.17) is 19.7 Å². The van der Waals surface area contributed by atoms with E-state index in [9.17, 15) is 44.9 Å². The standard InChI is InChI=1S/C27H29N3O3.C25H24N6O.C24H22N4O4.C22H24N4O2/c1-18-15-24(28-16-21(18)17-30-14-7-6-13-25(30)27(32)33)26(31)29-23-12-8-11-22(19(23)2)20-9-4-3-5-10-20;1-3-12-27-14-17-10-11-23(28-15-17)25(32)30-22-8-4-6-18(20(22)13-26)19-7-5-9-24-21(19)16-29-31(24)2;25-13-19-18(17-5-7-22-23(12-17)32-11-10-31-22)2-1-3-20(19)28-24(30)21-6-4-16(15-27-21)14-26-8-9-29;23-13-19-18(17-5-2-1-3-6-17)7-4-8-20(19)26-22(28)21-10-9-16(15-25-21)14-24-11-12-27/h3-5,8-12,15-16,25H,6-7,13-14,17H2,1-2H3,(H,29,31)(H,32,33);4-11,15-16,27H,3,12,14H2,1-2H3,(H,30,32);1-7,12,15,26,29H,8-11,14H2,(H,28,30);4-5,7-10,15,24,27H,1-3,6,11-12,14H2,(H,26,28)/t25-;;;/m0.../s1. The van der Waals surface area contributed by atoms with Crippen LogP contribution in [0.4, 0.5) is 22.7 Å². The number of pyridine rings is 4. The largest absolute Gasteiger partial charge is 0.486 e. The van der Waals surface area contributed by atoms with Crippen molar-refractivity contribution in [2.75, 3.05) is 73.9 Å². The van der Waals surface area contributed by atoms with Gasteiger partial charge in [-0.1, -0.05) is 135 Å². The molecule has 10 N–H and O–H groups in total. The van der Waals surface area contributed by atoms with Gasteiger partial charge in [-0.05, 0) is 205 Å². The quantitative estimate of drug-likeness (QED) is 0.0214. The summed E-state index contributed by atoms with van der Waals surface area (Å²) in [6.07, 6.45) is 18.6. The van der Waals surface area contributed by atoms with Gasteiger partial charge in [-0.2, -0.15) is 20.9 Å². The Morgan fingerprint density at radius 1 is 0.496 bits per heavy atom. The molecule has 12 aromatic rings. The van der Waals surface area contributed by atoms with Crippen LogP contribution in [-0.4, -0.2) is 138 Å². The van der Waals surface area contributed by atoms with Crippen molar-refractivity contribution in [2.24, 2.45) is 7.05 Å². The summed E-state index contributed by atoms with van der Waals surface area (Å²) in [7, 11) is 1.88. The minimum Gasteiger partial charge on any atom is -0.486 e. The lowest BCUT2D eigenvalue weighted by molar-refractivity contribution is -0.144. The van der Waals surface area contributed by atoms with Crippen LogP contribution in [0.25, 0.3) is 49.9 Å². The number of aliphatic hydroxyl groups excluding tert-OH is 2. The number of aryl methyl sites for hydroxylation is 2. The molecule has 1 fully saturated rings. The second kappa shape index (κ2) is 44.9. The summed E-state index contributed by atoms with van der Waals surface area (Å²) >= 11 is 0. The van der Waals surface area contributed by atoms with Crippen molar-refractivity contribution in [1.82, 2.24) is 50.6 Å². The molecule has 3 aliphatic rings. The number of aliphatic carboxylic acids is 1. The Hall–Kier alpha value is -14.5. The number of fused-ring (bicyclic) bond motifs is 2. The predicted molar refractivity (Wildman–Crippen MR) is 481 cm³/mol. The van der Waals surface area contributed by atoms with E-state index in [1.807, 2.05) is 141 Å². The highest BCUT2D eigenvalue weighted by atomic mass is 16.6. The van der Waals surface area contributed by atoms with Crippen LogP contribution >= 0.6 is 0 Å². The zero-order valence-electron chi connectivity index (χ0n) is 70.2. The molecule has 2 aliphatic heterocycles. The average molecular weight is 1670 g/mol. The van der Waals surface area contributed by atoms with Crippen LogP contribution in [0.5, 0.6) is 11.5 Å². The Bertz CT molecular complexity index is 5960. The summed E-state index contributed by atoms with van der Waals surface area (Å²) in [6.45, 7) is 12.2. The second-order valence-electron chi connectivity index (χ2n) is 30.0. The third-order valence-electron chi connectivity index (χ3n) is 21.4. The van der Waals surface area contributed by atoms with E-state index in [1.54, 1.807) is 90.3 Å². The summed E-state index contributed by atoms with van der Waals surface area (Å²) in [6, 6.07) is 62.1. The number of carbonyl (C=O) groups is 5. The van der Waals surface area contributed by atoms with Gasteiger partial charge >= 0.3 is 5.97 Å². The second-order valence-corrected chi connectivity index (χ2v) is 30.0. The number of piperidine rings is 1. The normalized spacial score (nSPS) is 13.2. The first kappa shape index (κ1) is 89.8. The number of anilines is 4. The molecule has 4 amide bonds. The highest BCUT2D eigenvalue weighted by molar-refractivity contribution is 6.07. The molecule has 0 unspecified atom stereocenters. The summed E-state index contributed by atoms with van der Waals surface area (Å²) in [5, 5.41) is 82.7. The topological polar surface area (TPSA) is 393 Å². The van der Waals surface area contributed by atoms with Crippen molar-refractivity contribution < 1.29 is 48.8 Å². The first-order valence-electron chi connectivity index (χ1n) is 41.6. The van der Waals surface area contributed by atoms with E-state index >= 15 is 0 Å². The molecule has 5 aromatic heterocycles. The highest BCUT2D eigenvalue weighted by Gasteiger charge is 2.30. The predicted octanol–water partition coefficient (Wildman–Crippen LogP) is 15.3. The van der Waals surface area contributed by atoms with E-state index in [-0.39, 0.29) is 42.3 Å². The molecule has 1 saturated heterocycles. The fraction of sp³-hybridized carbons (Fsp3) is 0.255. The van der Waals surface area contributed by atoms with Gasteiger partial charge in [-0.25, -0.2) is 0 Å². The molecule has 636 valence electrons. The number of benzene rings is 7. The molecule has 1 aliphatic carbocycles. The number of amides is 4. The van der Waals surface area contributed by atoms with Gasteiger partial charge in [0, 0.05) is 93.3 Å². The molecule has 0 bridgehead atoms. The molecule has 15 rings (SSSR count). The number of likely N-dealkylation sites (tertiary alicyclic amines) is 1. The molecule has 0 radical (unpaired) electrons. The van der Waals surface area contributed by atoms with Crippen LogP contribution < -0.4 is 46.7 Å². The summed E-state index contributed by atoms with van der Waals surface area (Å²) in [5.74, 6) is -0.846. The number of carboxylic acids is 1. The van der Waals surface area contributed by atoms with Crippen LogP contribution in [0.3, 0.4) is 0 Å². The number of hydrogen-bond donors (Lipinski definition) is 10. The molecular formula is C98H99N17O10. The number of rotatable bonds is 27. The van der Waals surface area contributed by atoms with E-state index in [0.717, 1.165) is 135 Å². The maximum atomic E-state index is 12.9. The average Bonchev–Trinajstić information content (AvgIpc) is 1.80. The van der Waals surface area contributed by atoms with E-state index in [2.05, 4.69) is 106 Å². The maximum Gasteiger partial charge on any atom is 0.320 e. The Balaban J connectivity index is 0.000000152. The highest BCUT2D eigenvalue weighted by Crippen LogP contribution is 2.39. The lowest BCUT2D eigenvalue weighted by Gasteiger charge is -2.33. The van der Waals surface area contributed by atoms with Crippen LogP contribution in [0.1, 0.15) is 156 Å². The van der Waals surface area contributed by atoms with Crippen LogP contribution in [0.15, 0.2) is 219 Å². The summed E-state index contributed by atoms with van der Waals surface area (Å²) in [5.41, 5.74) is 18.6. The number of nitriles is 3. The number of ether oxygens (including phenoxy) is 2. The lowest BCUT2D eigenvalue weighted by Crippen LogP contribution is -2.44. The number of carbonyl (C=O) groups excluding carboxylic acids is 4. The van der Waals surface area contributed by atoms with Gasteiger partial charge in [0.05, 0.1) is 58.7 Å². The van der Waals surface area contributed by atoms with Crippen molar-refractivity contribution in [3.63, 3.8) is 0 Å². The number of aromatic nitrogens is 6. The third-order valence-corrected chi connectivity index (χ3v) is 21.4. The number of allylic oxidation sites excluding steroid dienone is 2. The smallest absolute Gasteiger partial charge is 0.320 e. The Morgan fingerprint density at radius 3 is 1.55 bits per heavy atom. The van der Waals surface area contributed by atoms with Crippen molar-refractivity contribution in [1.29, 1.82) is 15.8 Å². The number of aliphatic hydroxyl groups is 2. The van der Waals surface area contributed by atoms with Gasteiger partial charge in [-0.3, -0.25) is 53.5 Å². The molecular weight excluding hydrogens is 1580 g/mol. The molecule has 7 heterocycles. The van der Waals surface area contributed by atoms with Gasteiger partial charge in [0.2, 0.25) is 0 Å². The molecule has 125 heavy (non-hydrogen) atoms. The Labute approximate surface area is 725 Å². The van der Waals surface area contributed by atoms with E-state index in [0.29, 0.717) is 121 Å². The van der Waals surface area contributed by atoms with Crippen LogP contribution in [-0.2, 0) is 38.0 Å². The number of nitrogens with zero attached hydrogens (tertiary/aromatic N) is 10. The van der Waals surface area contributed by atoms with Gasteiger partial charge in [0.15, 0.2) is 11.5 Å². The van der Waals surface area contributed by atoms with Gasteiger partial charge in [0.25, 0.3) is 23.6 Å². The SMILES string of the molecule is CCCNCc1ccc(C(=O)Nc2cccc(-c3cccc4c3cnn4C)c2C#N)nc1.Cc1cc(C(=O)Nc2cccc(-c3ccccc3)c2C)ncc1CN1CCCC[C@H]1C(=O)O.N#Cc1c(NC(=O)c2ccc(CNCCO)cn2)cccc1-c1ccc2c(c1)OCCO2.N#Cc1c(NC(=O)c2ccc(CNCCO)cn2)cccc1C1=CCCCC1. The molecule has 7 aromatic carbocycles. The first-order chi connectivity index (χ1) is 61.0. The molecule has 27 nitrogen and oxygen atoms in total. The first-order valence-corrected chi connectivity index (χ1v) is 41.6. The van der Waals surface area contributed by atoms with Gasteiger partial charge in [-0.15, -0.1) is 0 Å². The van der Waals surface area contributed by atoms with E-state index < -0.39 is 17.9 Å². The van der Waals surface area contributed by atoms with Crippen molar-refractivity contribution in [3.8, 4) is 63.1 Å². The monoisotopic (exact) mass is 1670 g/mol. The van der Waals surface area contributed by atoms with Crippen LogP contribution in [0, 0.1) is 47.8 Å². The fourth-order valence-electron chi connectivity index (χ4n) is 14.8. The van der Waals surface area contributed by atoms with Crippen molar-refractivity contribution >= 4 is 68.8 Å².